The van der Waals surface area contributed by atoms with Gasteiger partial charge in [-0.15, -0.1) is 0 Å². The first kappa shape index (κ1) is 16.0. The Morgan fingerprint density at radius 1 is 1.26 bits per heavy atom. The van der Waals surface area contributed by atoms with E-state index in [2.05, 4.69) is 0 Å². The second-order valence-corrected chi connectivity index (χ2v) is 7.01. The molecule has 0 aliphatic heterocycles. The smallest absolute Gasteiger partial charge is 0.156 e. The molecule has 4 nitrogen and oxygen atoms in total. The summed E-state index contributed by atoms with van der Waals surface area (Å²) >= 11 is 0. The lowest BCUT2D eigenvalue weighted by Gasteiger charge is -2.11. The van der Waals surface area contributed by atoms with Crippen LogP contribution in [0.15, 0.2) is 18.2 Å². The van der Waals surface area contributed by atoms with Gasteiger partial charge in [0.2, 0.25) is 0 Å². The number of rotatable bonds is 7. The van der Waals surface area contributed by atoms with Crippen molar-refractivity contribution in [1.82, 2.24) is 0 Å². The Kier molecular flexibility index (Phi) is 5.82. The van der Waals surface area contributed by atoms with Gasteiger partial charge in [0.05, 0.1) is 31.3 Å². The number of benzene rings is 1. The van der Waals surface area contributed by atoms with E-state index in [1.165, 1.54) is 0 Å². The summed E-state index contributed by atoms with van der Waals surface area (Å²) in [7, 11) is -1.64. The summed E-state index contributed by atoms with van der Waals surface area (Å²) in [5.41, 5.74) is 1.72. The van der Waals surface area contributed by atoms with E-state index < -0.39 is 9.84 Å². The van der Waals surface area contributed by atoms with Crippen LogP contribution in [-0.4, -0.2) is 34.0 Å². The van der Waals surface area contributed by atoms with Gasteiger partial charge in [-0.1, -0.05) is 17.7 Å². The van der Waals surface area contributed by atoms with E-state index in [0.29, 0.717) is 11.3 Å². The maximum Gasteiger partial charge on any atom is 0.156 e. The lowest BCUT2D eigenvalue weighted by atomic mass is 10.1. The van der Waals surface area contributed by atoms with Crippen LogP contribution >= 0.6 is 0 Å². The van der Waals surface area contributed by atoms with Crippen LogP contribution in [-0.2, 0) is 20.3 Å². The first-order valence-electron chi connectivity index (χ1n) is 6.29. The third-order valence-electron chi connectivity index (χ3n) is 2.66. The fourth-order valence-electron chi connectivity index (χ4n) is 1.74. The molecular weight excluding hydrogens is 264 g/mol. The minimum absolute atomic E-state index is 0.0146. The predicted molar refractivity (Wildman–Crippen MR) is 76.3 cm³/mol. The molecule has 19 heavy (non-hydrogen) atoms. The van der Waals surface area contributed by atoms with Crippen LogP contribution in [0.4, 0.5) is 0 Å². The molecule has 0 saturated carbocycles. The molecule has 0 aliphatic carbocycles. The molecule has 5 heteroatoms. The van der Waals surface area contributed by atoms with Crippen molar-refractivity contribution in [2.45, 2.75) is 32.6 Å². The maximum atomic E-state index is 12.0. The monoisotopic (exact) mass is 286 g/mol. The number of ether oxygens (including phenoxy) is 2. The van der Waals surface area contributed by atoms with Gasteiger partial charge in [0.25, 0.3) is 0 Å². The highest BCUT2D eigenvalue weighted by Gasteiger charge is 2.15. The first-order chi connectivity index (χ1) is 8.84. The molecule has 0 radical (unpaired) electrons. The highest BCUT2D eigenvalue weighted by molar-refractivity contribution is 7.90. The van der Waals surface area contributed by atoms with Crippen LogP contribution in [0.25, 0.3) is 0 Å². The summed E-state index contributed by atoms with van der Waals surface area (Å²) in [6.45, 7) is 5.93. The molecule has 1 rings (SSSR count). The number of aryl methyl sites for hydroxylation is 1. The second kappa shape index (κ2) is 6.91. The van der Waals surface area contributed by atoms with Gasteiger partial charge < -0.3 is 9.47 Å². The van der Waals surface area contributed by atoms with Crippen molar-refractivity contribution in [3.05, 3.63) is 29.3 Å². The largest absolute Gasteiger partial charge is 0.496 e. The fraction of sp³-hybridized carbons (Fsp3) is 0.571. The summed E-state index contributed by atoms with van der Waals surface area (Å²) < 4.78 is 34.5. The van der Waals surface area contributed by atoms with E-state index in [9.17, 15) is 8.42 Å². The lowest BCUT2D eigenvalue weighted by molar-refractivity contribution is 0.0912. The summed E-state index contributed by atoms with van der Waals surface area (Å²) in [5.74, 6) is 0.626. The maximum absolute atomic E-state index is 12.0. The van der Waals surface area contributed by atoms with Gasteiger partial charge >= 0.3 is 0 Å². The zero-order valence-corrected chi connectivity index (χ0v) is 12.8. The van der Waals surface area contributed by atoms with Crippen molar-refractivity contribution >= 4 is 9.84 Å². The molecule has 0 saturated heterocycles. The van der Waals surface area contributed by atoms with Crippen molar-refractivity contribution in [3.8, 4) is 5.75 Å². The van der Waals surface area contributed by atoms with Gasteiger partial charge in [-0.05, 0) is 26.8 Å². The van der Waals surface area contributed by atoms with Crippen LogP contribution in [0.1, 0.15) is 25.0 Å². The highest BCUT2D eigenvalue weighted by Crippen LogP contribution is 2.22. The van der Waals surface area contributed by atoms with E-state index in [1.54, 1.807) is 13.2 Å². The lowest BCUT2D eigenvalue weighted by Crippen LogP contribution is -2.17. The Hall–Kier alpha value is -1.07. The number of hydrogen-bond acceptors (Lipinski definition) is 4. The summed E-state index contributed by atoms with van der Waals surface area (Å²) in [5, 5.41) is 0. The number of methoxy groups -OCH3 is 1. The Labute approximate surface area is 115 Å². The normalized spacial score (nSPS) is 11.8. The molecule has 0 aromatic heterocycles. The Morgan fingerprint density at radius 2 is 1.95 bits per heavy atom. The standard InChI is InChI=1S/C14H22O4S/c1-11(2)18-7-8-19(15,16)10-13-9-12(3)5-6-14(13)17-4/h5-6,9,11H,7-8,10H2,1-4H3. The molecule has 0 amide bonds. The minimum Gasteiger partial charge on any atom is -0.496 e. The van der Waals surface area contributed by atoms with Crippen molar-refractivity contribution in [2.24, 2.45) is 0 Å². The molecule has 0 bridgehead atoms. The van der Waals surface area contributed by atoms with Crippen LogP contribution in [0.3, 0.4) is 0 Å². The van der Waals surface area contributed by atoms with Gasteiger partial charge in [0.15, 0.2) is 9.84 Å². The van der Waals surface area contributed by atoms with E-state index in [4.69, 9.17) is 9.47 Å². The molecule has 0 unspecified atom stereocenters. The van der Waals surface area contributed by atoms with E-state index in [1.807, 2.05) is 32.9 Å². The van der Waals surface area contributed by atoms with Crippen LogP contribution in [0, 0.1) is 6.92 Å². The summed E-state index contributed by atoms with van der Waals surface area (Å²) in [6.07, 6.45) is 0.0451. The van der Waals surface area contributed by atoms with Gasteiger partial charge in [0, 0.05) is 5.56 Å². The molecule has 0 N–H and O–H groups in total. The van der Waals surface area contributed by atoms with Crippen LogP contribution in [0.2, 0.25) is 0 Å². The molecule has 0 heterocycles. The molecule has 1 aromatic carbocycles. The van der Waals surface area contributed by atoms with E-state index >= 15 is 0 Å². The zero-order valence-electron chi connectivity index (χ0n) is 12.0. The third-order valence-corrected chi connectivity index (χ3v) is 4.20. The average Bonchev–Trinajstić information content (AvgIpc) is 2.27. The van der Waals surface area contributed by atoms with Gasteiger partial charge in [-0.3, -0.25) is 0 Å². The number of sulfone groups is 1. The van der Waals surface area contributed by atoms with Crippen molar-refractivity contribution in [2.75, 3.05) is 19.5 Å². The average molecular weight is 286 g/mol. The number of hydrogen-bond donors (Lipinski definition) is 0. The quantitative estimate of drug-likeness (QED) is 0.772. The first-order valence-corrected chi connectivity index (χ1v) is 8.12. The zero-order chi connectivity index (χ0) is 14.5. The summed E-state index contributed by atoms with van der Waals surface area (Å²) in [4.78, 5) is 0. The topological polar surface area (TPSA) is 52.6 Å². The van der Waals surface area contributed by atoms with E-state index in [-0.39, 0.29) is 24.2 Å². The Morgan fingerprint density at radius 3 is 2.53 bits per heavy atom. The molecule has 0 spiro atoms. The van der Waals surface area contributed by atoms with Crippen LogP contribution in [0.5, 0.6) is 5.75 Å². The van der Waals surface area contributed by atoms with E-state index in [0.717, 1.165) is 5.56 Å². The van der Waals surface area contributed by atoms with Gasteiger partial charge in [0.1, 0.15) is 5.75 Å². The highest BCUT2D eigenvalue weighted by atomic mass is 32.2. The van der Waals surface area contributed by atoms with Crippen LogP contribution < -0.4 is 4.74 Å². The second-order valence-electron chi connectivity index (χ2n) is 4.83. The minimum atomic E-state index is -3.18. The van der Waals surface area contributed by atoms with Gasteiger partial charge in [-0.25, -0.2) is 8.42 Å². The Bertz CT molecular complexity index is 506. The van der Waals surface area contributed by atoms with Gasteiger partial charge in [-0.2, -0.15) is 0 Å². The third kappa shape index (κ3) is 5.61. The molecule has 108 valence electrons. The van der Waals surface area contributed by atoms with Crippen molar-refractivity contribution < 1.29 is 17.9 Å². The fourth-order valence-corrected chi connectivity index (χ4v) is 2.93. The SMILES string of the molecule is COc1ccc(C)cc1CS(=O)(=O)CCOC(C)C. The molecule has 0 atom stereocenters. The molecule has 0 fully saturated rings. The van der Waals surface area contributed by atoms with Crippen molar-refractivity contribution in [3.63, 3.8) is 0 Å². The molecule has 1 aromatic rings. The Balaban J connectivity index is 2.74. The summed E-state index contributed by atoms with van der Waals surface area (Å²) in [6, 6.07) is 5.54. The molecule has 0 aliphatic rings. The molecular formula is C14H22O4S. The van der Waals surface area contributed by atoms with Crippen molar-refractivity contribution in [1.29, 1.82) is 0 Å². The predicted octanol–water partition coefficient (Wildman–Crippen LogP) is 2.34.